The maximum Gasteiger partial charge on any atom is 0.201 e. The van der Waals surface area contributed by atoms with Crippen LogP contribution in [-0.4, -0.2) is 5.78 Å². The maximum atomic E-state index is 12.1. The van der Waals surface area contributed by atoms with Gasteiger partial charge in [0.25, 0.3) is 0 Å². The number of furan rings is 1. The number of rotatable bonds is 3. The van der Waals surface area contributed by atoms with Gasteiger partial charge in [0, 0.05) is 12.3 Å². The minimum absolute atomic E-state index is 0.195. The summed E-state index contributed by atoms with van der Waals surface area (Å²) < 4.78 is 5.51. The third kappa shape index (κ3) is 1.99. The van der Waals surface area contributed by atoms with Crippen molar-refractivity contribution in [2.24, 2.45) is 11.8 Å². The lowest BCUT2D eigenvalue weighted by Crippen LogP contribution is -2.16. The zero-order valence-corrected chi connectivity index (χ0v) is 9.45. The molecule has 0 aliphatic heterocycles. The first kappa shape index (κ1) is 10.5. The summed E-state index contributed by atoms with van der Waals surface area (Å²) in [7, 11) is 0. The Hall–Kier alpha value is -1.05. The van der Waals surface area contributed by atoms with Crippen molar-refractivity contribution in [1.29, 1.82) is 0 Å². The average molecular weight is 206 g/mol. The van der Waals surface area contributed by atoms with Crippen LogP contribution >= 0.6 is 0 Å². The fourth-order valence-corrected chi connectivity index (χ4v) is 2.42. The number of hydrogen-bond donors (Lipinski definition) is 0. The van der Waals surface area contributed by atoms with Crippen molar-refractivity contribution in [3.05, 3.63) is 23.7 Å². The third-order valence-electron chi connectivity index (χ3n) is 3.45. The monoisotopic (exact) mass is 206 g/mol. The van der Waals surface area contributed by atoms with E-state index in [0.717, 1.165) is 18.6 Å². The molecule has 15 heavy (non-hydrogen) atoms. The van der Waals surface area contributed by atoms with Gasteiger partial charge in [0.2, 0.25) is 5.78 Å². The fraction of sp³-hybridized carbons (Fsp3) is 0.615. The summed E-state index contributed by atoms with van der Waals surface area (Å²) in [5.74, 6) is 2.39. The molecule has 2 atom stereocenters. The Morgan fingerprint density at radius 3 is 2.80 bits per heavy atom. The molecule has 1 saturated carbocycles. The lowest BCUT2D eigenvalue weighted by Gasteiger charge is -2.11. The second-order valence-electron chi connectivity index (χ2n) is 4.50. The molecule has 0 spiro atoms. The van der Waals surface area contributed by atoms with Crippen LogP contribution in [0.15, 0.2) is 16.5 Å². The highest BCUT2D eigenvalue weighted by molar-refractivity contribution is 5.95. The van der Waals surface area contributed by atoms with Crippen molar-refractivity contribution < 1.29 is 9.21 Å². The van der Waals surface area contributed by atoms with E-state index in [1.165, 1.54) is 12.8 Å². The van der Waals surface area contributed by atoms with Crippen LogP contribution in [0.5, 0.6) is 0 Å². The van der Waals surface area contributed by atoms with E-state index in [-0.39, 0.29) is 11.7 Å². The second kappa shape index (κ2) is 4.21. The molecule has 1 fully saturated rings. The van der Waals surface area contributed by atoms with Crippen LogP contribution in [0.25, 0.3) is 0 Å². The molecule has 0 aromatic carbocycles. The highest BCUT2D eigenvalue weighted by atomic mass is 16.3. The summed E-state index contributed by atoms with van der Waals surface area (Å²) in [5, 5.41) is 0. The molecule has 0 N–H and O–H groups in total. The normalized spacial score (nSPS) is 25.7. The van der Waals surface area contributed by atoms with Gasteiger partial charge in [-0.25, -0.2) is 0 Å². The van der Waals surface area contributed by atoms with Crippen molar-refractivity contribution in [3.8, 4) is 0 Å². The number of hydrogen-bond acceptors (Lipinski definition) is 2. The molecule has 2 rings (SSSR count). The van der Waals surface area contributed by atoms with Crippen LogP contribution < -0.4 is 0 Å². The quantitative estimate of drug-likeness (QED) is 0.709. The molecule has 2 nitrogen and oxygen atoms in total. The van der Waals surface area contributed by atoms with Crippen molar-refractivity contribution in [3.63, 3.8) is 0 Å². The first-order chi connectivity index (χ1) is 7.22. The van der Waals surface area contributed by atoms with Gasteiger partial charge in [0.05, 0.1) is 0 Å². The zero-order valence-electron chi connectivity index (χ0n) is 9.45. The lowest BCUT2D eigenvalue weighted by atomic mass is 9.92. The number of aryl methyl sites for hydroxylation is 1. The van der Waals surface area contributed by atoms with E-state index in [9.17, 15) is 4.79 Å². The van der Waals surface area contributed by atoms with E-state index in [2.05, 4.69) is 6.92 Å². The number of carbonyl (C=O) groups excluding carboxylic acids is 1. The van der Waals surface area contributed by atoms with Crippen molar-refractivity contribution in [2.75, 3.05) is 0 Å². The van der Waals surface area contributed by atoms with Gasteiger partial charge >= 0.3 is 0 Å². The molecule has 1 heterocycles. The Bertz CT molecular complexity index is 351. The Balaban J connectivity index is 2.13. The Kier molecular flexibility index (Phi) is 2.94. The van der Waals surface area contributed by atoms with E-state index < -0.39 is 0 Å². The summed E-state index contributed by atoms with van der Waals surface area (Å²) in [6.07, 6.45) is 4.24. The molecule has 0 saturated heterocycles. The standard InChI is InChI=1S/C13H18O2/c1-3-10-7-8-12(15-10)13(14)11-6-4-5-9(11)2/h7-9,11H,3-6H2,1-2H3. The zero-order chi connectivity index (χ0) is 10.8. The molecule has 1 aromatic heterocycles. The molecule has 2 unspecified atom stereocenters. The predicted octanol–water partition coefficient (Wildman–Crippen LogP) is 3.46. The summed E-state index contributed by atoms with van der Waals surface area (Å²) in [6, 6.07) is 3.74. The average Bonchev–Trinajstić information content (AvgIpc) is 2.84. The highest BCUT2D eigenvalue weighted by Gasteiger charge is 2.31. The van der Waals surface area contributed by atoms with Crippen molar-refractivity contribution in [2.45, 2.75) is 39.5 Å². The van der Waals surface area contributed by atoms with Gasteiger partial charge < -0.3 is 4.42 Å². The molecule has 1 aliphatic rings. The molecular weight excluding hydrogens is 188 g/mol. The minimum atomic E-state index is 0.195. The van der Waals surface area contributed by atoms with Crippen LogP contribution in [0.4, 0.5) is 0 Å². The molecule has 0 bridgehead atoms. The predicted molar refractivity (Wildman–Crippen MR) is 58.9 cm³/mol. The van der Waals surface area contributed by atoms with E-state index in [1.54, 1.807) is 0 Å². The minimum Gasteiger partial charge on any atom is -0.458 e. The molecule has 0 amide bonds. The molecule has 1 aromatic rings. The van der Waals surface area contributed by atoms with Gasteiger partial charge in [-0.15, -0.1) is 0 Å². The van der Waals surface area contributed by atoms with Gasteiger partial charge in [-0.3, -0.25) is 4.79 Å². The molecule has 1 aliphatic carbocycles. The van der Waals surface area contributed by atoms with Gasteiger partial charge in [-0.1, -0.05) is 20.3 Å². The van der Waals surface area contributed by atoms with Crippen LogP contribution in [0.3, 0.4) is 0 Å². The van der Waals surface area contributed by atoms with E-state index >= 15 is 0 Å². The maximum absolute atomic E-state index is 12.1. The smallest absolute Gasteiger partial charge is 0.201 e. The van der Waals surface area contributed by atoms with Gasteiger partial charge in [-0.2, -0.15) is 0 Å². The molecule has 0 radical (unpaired) electrons. The molecular formula is C13H18O2. The molecule has 2 heteroatoms. The Morgan fingerprint density at radius 1 is 1.47 bits per heavy atom. The highest BCUT2D eigenvalue weighted by Crippen LogP contribution is 2.33. The first-order valence-electron chi connectivity index (χ1n) is 5.85. The van der Waals surface area contributed by atoms with Crippen LogP contribution in [0.2, 0.25) is 0 Å². The van der Waals surface area contributed by atoms with Crippen LogP contribution in [0.1, 0.15) is 49.4 Å². The van der Waals surface area contributed by atoms with E-state index in [0.29, 0.717) is 11.7 Å². The van der Waals surface area contributed by atoms with Gasteiger partial charge in [-0.05, 0) is 30.9 Å². The first-order valence-corrected chi connectivity index (χ1v) is 5.85. The van der Waals surface area contributed by atoms with Crippen molar-refractivity contribution >= 4 is 5.78 Å². The van der Waals surface area contributed by atoms with E-state index in [1.807, 2.05) is 19.1 Å². The van der Waals surface area contributed by atoms with E-state index in [4.69, 9.17) is 4.42 Å². The van der Waals surface area contributed by atoms with Crippen LogP contribution in [0, 0.1) is 11.8 Å². The number of ketones is 1. The number of carbonyl (C=O) groups is 1. The third-order valence-corrected chi connectivity index (χ3v) is 3.45. The largest absolute Gasteiger partial charge is 0.458 e. The SMILES string of the molecule is CCc1ccc(C(=O)C2CCCC2C)o1. The Morgan fingerprint density at radius 2 is 2.27 bits per heavy atom. The topological polar surface area (TPSA) is 30.2 Å². The van der Waals surface area contributed by atoms with Crippen molar-refractivity contribution in [1.82, 2.24) is 0 Å². The summed E-state index contributed by atoms with van der Waals surface area (Å²) >= 11 is 0. The van der Waals surface area contributed by atoms with Crippen LogP contribution in [-0.2, 0) is 6.42 Å². The Labute approximate surface area is 90.7 Å². The van der Waals surface area contributed by atoms with Gasteiger partial charge in [0.1, 0.15) is 5.76 Å². The second-order valence-corrected chi connectivity index (χ2v) is 4.50. The lowest BCUT2D eigenvalue weighted by molar-refractivity contribution is 0.0866. The summed E-state index contributed by atoms with van der Waals surface area (Å²) in [5.41, 5.74) is 0. The molecule has 82 valence electrons. The summed E-state index contributed by atoms with van der Waals surface area (Å²) in [6.45, 7) is 4.20. The summed E-state index contributed by atoms with van der Waals surface area (Å²) in [4.78, 5) is 12.1. The van der Waals surface area contributed by atoms with Gasteiger partial charge in [0.15, 0.2) is 5.76 Å². The fourth-order valence-electron chi connectivity index (χ4n) is 2.42. The number of Topliss-reactive ketones (excluding diaryl/α,β-unsaturated/α-hetero) is 1.